The zero-order valence-electron chi connectivity index (χ0n) is 11.3. The first kappa shape index (κ1) is 12.7. The molecule has 0 saturated heterocycles. The lowest BCUT2D eigenvalue weighted by molar-refractivity contribution is 0.679. The summed E-state index contributed by atoms with van der Waals surface area (Å²) in [6.07, 6.45) is 4.37. The SMILES string of the molecule is Cc1ccc(Sc2nncn2C)c(CNC2CC2)c1. The number of aromatic nitrogens is 3. The third kappa shape index (κ3) is 3.16. The van der Waals surface area contributed by atoms with E-state index in [0.29, 0.717) is 0 Å². The maximum absolute atomic E-state index is 4.14. The molecule has 19 heavy (non-hydrogen) atoms. The molecule has 0 amide bonds. The summed E-state index contributed by atoms with van der Waals surface area (Å²) in [5.41, 5.74) is 2.65. The molecule has 1 aromatic heterocycles. The molecule has 100 valence electrons. The number of hydrogen-bond donors (Lipinski definition) is 1. The lowest BCUT2D eigenvalue weighted by Gasteiger charge is -2.10. The number of aryl methyl sites for hydroxylation is 2. The average Bonchev–Trinajstić information content (AvgIpc) is 3.14. The van der Waals surface area contributed by atoms with Crippen LogP contribution in [-0.4, -0.2) is 20.8 Å². The summed E-state index contributed by atoms with van der Waals surface area (Å²) in [4.78, 5) is 1.26. The molecular formula is C14H18N4S. The van der Waals surface area contributed by atoms with Gasteiger partial charge in [0.2, 0.25) is 0 Å². The molecule has 1 fully saturated rings. The summed E-state index contributed by atoms with van der Waals surface area (Å²) >= 11 is 1.68. The smallest absolute Gasteiger partial charge is 0.195 e. The molecule has 1 aliphatic rings. The zero-order chi connectivity index (χ0) is 13.2. The molecule has 3 rings (SSSR count). The summed E-state index contributed by atoms with van der Waals surface area (Å²) in [5.74, 6) is 0. The minimum atomic E-state index is 0.730. The van der Waals surface area contributed by atoms with Crippen molar-refractivity contribution in [2.45, 2.75) is 42.4 Å². The first-order chi connectivity index (χ1) is 9.22. The fourth-order valence-corrected chi connectivity index (χ4v) is 2.83. The molecule has 0 unspecified atom stereocenters. The van der Waals surface area contributed by atoms with Gasteiger partial charge in [-0.15, -0.1) is 10.2 Å². The van der Waals surface area contributed by atoms with Crippen LogP contribution >= 0.6 is 11.8 Å². The fourth-order valence-electron chi connectivity index (χ4n) is 1.95. The average molecular weight is 274 g/mol. The molecule has 0 aliphatic heterocycles. The van der Waals surface area contributed by atoms with Gasteiger partial charge in [0.25, 0.3) is 0 Å². The van der Waals surface area contributed by atoms with E-state index in [0.717, 1.165) is 17.7 Å². The molecule has 1 aromatic carbocycles. The lowest BCUT2D eigenvalue weighted by Crippen LogP contribution is -2.16. The second-order valence-corrected chi connectivity index (χ2v) is 6.10. The predicted octanol–water partition coefficient (Wildman–Crippen LogP) is 2.53. The number of hydrogen-bond acceptors (Lipinski definition) is 4. The van der Waals surface area contributed by atoms with E-state index >= 15 is 0 Å². The second-order valence-electron chi connectivity index (χ2n) is 5.09. The van der Waals surface area contributed by atoms with Crippen LogP contribution in [-0.2, 0) is 13.6 Å². The van der Waals surface area contributed by atoms with Gasteiger partial charge >= 0.3 is 0 Å². The van der Waals surface area contributed by atoms with Crippen LogP contribution in [0.5, 0.6) is 0 Å². The second kappa shape index (κ2) is 5.35. The van der Waals surface area contributed by atoms with Crippen LogP contribution in [0.25, 0.3) is 0 Å². The minimum Gasteiger partial charge on any atom is -0.311 e. The van der Waals surface area contributed by atoms with Crippen molar-refractivity contribution in [3.8, 4) is 0 Å². The number of benzene rings is 1. The Bertz CT molecular complexity index is 575. The van der Waals surface area contributed by atoms with Crippen molar-refractivity contribution in [1.82, 2.24) is 20.1 Å². The van der Waals surface area contributed by atoms with Gasteiger partial charge in [-0.2, -0.15) is 0 Å². The summed E-state index contributed by atoms with van der Waals surface area (Å²) < 4.78 is 1.95. The van der Waals surface area contributed by atoms with Gasteiger partial charge in [0.1, 0.15) is 6.33 Å². The van der Waals surface area contributed by atoms with Gasteiger partial charge in [-0.1, -0.05) is 17.7 Å². The van der Waals surface area contributed by atoms with Crippen molar-refractivity contribution in [2.24, 2.45) is 7.05 Å². The van der Waals surface area contributed by atoms with Gasteiger partial charge in [-0.05, 0) is 43.2 Å². The minimum absolute atomic E-state index is 0.730. The van der Waals surface area contributed by atoms with Crippen LogP contribution in [0.1, 0.15) is 24.0 Å². The molecule has 0 bridgehead atoms. The Labute approximate surface area is 117 Å². The van der Waals surface area contributed by atoms with Crippen LogP contribution in [0.15, 0.2) is 34.6 Å². The first-order valence-electron chi connectivity index (χ1n) is 6.57. The fraction of sp³-hybridized carbons (Fsp3) is 0.429. The third-order valence-corrected chi connectivity index (χ3v) is 4.42. The van der Waals surface area contributed by atoms with Crippen LogP contribution in [0.3, 0.4) is 0 Å². The lowest BCUT2D eigenvalue weighted by atomic mass is 10.1. The van der Waals surface area contributed by atoms with Crippen LogP contribution in [0.4, 0.5) is 0 Å². The van der Waals surface area contributed by atoms with Crippen molar-refractivity contribution < 1.29 is 0 Å². The van der Waals surface area contributed by atoms with Gasteiger partial charge in [-0.25, -0.2) is 0 Å². The molecule has 1 heterocycles. The monoisotopic (exact) mass is 274 g/mol. The van der Waals surface area contributed by atoms with Crippen molar-refractivity contribution in [1.29, 1.82) is 0 Å². The van der Waals surface area contributed by atoms with Gasteiger partial charge in [0, 0.05) is 24.5 Å². The van der Waals surface area contributed by atoms with E-state index in [1.54, 1.807) is 18.1 Å². The normalized spacial score (nSPS) is 14.8. The van der Waals surface area contributed by atoms with Gasteiger partial charge in [0.05, 0.1) is 0 Å². The van der Waals surface area contributed by atoms with Crippen molar-refractivity contribution in [3.05, 3.63) is 35.7 Å². The van der Waals surface area contributed by atoms with Crippen LogP contribution in [0, 0.1) is 6.92 Å². The maximum Gasteiger partial charge on any atom is 0.195 e. The Morgan fingerprint density at radius 2 is 2.26 bits per heavy atom. The third-order valence-electron chi connectivity index (χ3n) is 3.25. The van der Waals surface area contributed by atoms with E-state index in [-0.39, 0.29) is 0 Å². The quantitative estimate of drug-likeness (QED) is 0.910. The van der Waals surface area contributed by atoms with Crippen molar-refractivity contribution in [3.63, 3.8) is 0 Å². The molecule has 1 aliphatic carbocycles. The Kier molecular flexibility index (Phi) is 3.57. The number of nitrogens with zero attached hydrogens (tertiary/aromatic N) is 3. The highest BCUT2D eigenvalue weighted by atomic mass is 32.2. The van der Waals surface area contributed by atoms with Gasteiger partial charge in [0.15, 0.2) is 5.16 Å². The zero-order valence-corrected chi connectivity index (χ0v) is 12.1. The van der Waals surface area contributed by atoms with Gasteiger partial charge in [-0.3, -0.25) is 0 Å². The standard InChI is InChI=1S/C14H18N4S/c1-10-3-6-13(19-14-17-16-9-18(14)2)11(7-10)8-15-12-4-5-12/h3,6-7,9,12,15H,4-5,8H2,1-2H3. The molecule has 4 nitrogen and oxygen atoms in total. The topological polar surface area (TPSA) is 42.7 Å². The van der Waals surface area contributed by atoms with Crippen LogP contribution < -0.4 is 5.32 Å². The van der Waals surface area contributed by atoms with Crippen molar-refractivity contribution in [2.75, 3.05) is 0 Å². The van der Waals surface area contributed by atoms with E-state index in [1.807, 2.05) is 11.6 Å². The highest BCUT2D eigenvalue weighted by Gasteiger charge is 2.20. The molecule has 0 spiro atoms. The number of nitrogens with one attached hydrogen (secondary N) is 1. The maximum atomic E-state index is 4.14. The molecule has 0 atom stereocenters. The largest absolute Gasteiger partial charge is 0.311 e. The van der Waals surface area contributed by atoms with Crippen molar-refractivity contribution >= 4 is 11.8 Å². The van der Waals surface area contributed by atoms with Crippen LogP contribution in [0.2, 0.25) is 0 Å². The highest BCUT2D eigenvalue weighted by Crippen LogP contribution is 2.30. The van der Waals surface area contributed by atoms with E-state index in [1.165, 1.54) is 28.9 Å². The van der Waals surface area contributed by atoms with Gasteiger partial charge < -0.3 is 9.88 Å². The molecule has 2 aromatic rings. The van der Waals surface area contributed by atoms with E-state index in [9.17, 15) is 0 Å². The Morgan fingerprint density at radius 3 is 2.95 bits per heavy atom. The van der Waals surface area contributed by atoms with E-state index in [2.05, 4.69) is 40.6 Å². The summed E-state index contributed by atoms with van der Waals surface area (Å²) in [6.45, 7) is 3.07. The number of rotatable bonds is 5. The predicted molar refractivity (Wildman–Crippen MR) is 76.2 cm³/mol. The Hall–Kier alpha value is -1.33. The van der Waals surface area contributed by atoms with E-state index in [4.69, 9.17) is 0 Å². The molecule has 1 saturated carbocycles. The molecule has 5 heteroatoms. The molecule has 1 N–H and O–H groups in total. The molecule has 0 radical (unpaired) electrons. The molecular weight excluding hydrogens is 256 g/mol. The first-order valence-corrected chi connectivity index (χ1v) is 7.39. The van der Waals surface area contributed by atoms with E-state index < -0.39 is 0 Å². The summed E-state index contributed by atoms with van der Waals surface area (Å²) in [7, 11) is 1.97. The Morgan fingerprint density at radius 1 is 1.42 bits per heavy atom. The highest BCUT2D eigenvalue weighted by molar-refractivity contribution is 7.99. The summed E-state index contributed by atoms with van der Waals surface area (Å²) in [6, 6.07) is 7.32. The Balaban J connectivity index is 1.80. The summed E-state index contributed by atoms with van der Waals surface area (Å²) in [5, 5.41) is 12.6.